The van der Waals surface area contributed by atoms with Crippen molar-refractivity contribution < 1.29 is 4.79 Å². The van der Waals surface area contributed by atoms with E-state index in [-0.39, 0.29) is 0 Å². The second-order valence-corrected chi connectivity index (χ2v) is 12.8. The molecular weight excluding hydrogens is 352 g/mol. The van der Waals surface area contributed by atoms with Crippen LogP contribution in [0.3, 0.4) is 0 Å². The molecule has 1 heteroatoms. The summed E-state index contributed by atoms with van der Waals surface area (Å²) in [6.45, 7) is 12.6. The fourth-order valence-corrected chi connectivity index (χ4v) is 9.33. The lowest BCUT2D eigenvalue weighted by molar-refractivity contribution is -0.124. The zero-order valence-electron chi connectivity index (χ0n) is 20.1. The van der Waals surface area contributed by atoms with Crippen molar-refractivity contribution >= 4 is 5.78 Å². The van der Waals surface area contributed by atoms with Crippen LogP contribution in [0.25, 0.3) is 0 Å². The number of ketones is 1. The quantitative estimate of drug-likeness (QED) is 0.456. The van der Waals surface area contributed by atoms with Gasteiger partial charge in [-0.3, -0.25) is 4.79 Å². The van der Waals surface area contributed by atoms with Crippen molar-refractivity contribution in [2.75, 3.05) is 0 Å². The van der Waals surface area contributed by atoms with Gasteiger partial charge in [-0.25, -0.2) is 0 Å². The lowest BCUT2D eigenvalue weighted by Gasteiger charge is -2.59. The molecule has 166 valence electrons. The maximum Gasteiger partial charge on any atom is 0.133 e. The number of carbonyl (C=O) groups is 1. The summed E-state index contributed by atoms with van der Waals surface area (Å²) in [4.78, 5) is 12.3. The third-order valence-corrected chi connectivity index (χ3v) is 10.9. The Morgan fingerprint density at radius 3 is 2.41 bits per heavy atom. The van der Waals surface area contributed by atoms with E-state index in [1.54, 1.807) is 0 Å². The van der Waals surface area contributed by atoms with E-state index < -0.39 is 0 Å². The molecule has 0 aromatic carbocycles. The molecule has 4 rings (SSSR count). The van der Waals surface area contributed by atoms with Crippen molar-refractivity contribution in [3.8, 4) is 0 Å². The van der Waals surface area contributed by atoms with E-state index in [4.69, 9.17) is 0 Å². The molecule has 0 aliphatic heterocycles. The van der Waals surface area contributed by atoms with Crippen molar-refractivity contribution in [2.45, 2.75) is 118 Å². The van der Waals surface area contributed by atoms with Gasteiger partial charge >= 0.3 is 0 Å². The fourth-order valence-electron chi connectivity index (χ4n) is 9.33. The molecule has 29 heavy (non-hydrogen) atoms. The van der Waals surface area contributed by atoms with Crippen LogP contribution in [0.15, 0.2) is 0 Å². The van der Waals surface area contributed by atoms with Crippen LogP contribution in [-0.4, -0.2) is 5.78 Å². The maximum absolute atomic E-state index is 12.3. The van der Waals surface area contributed by atoms with Crippen LogP contribution in [0.1, 0.15) is 118 Å². The molecule has 0 unspecified atom stereocenters. The fraction of sp³-hybridized carbons (Fsp3) is 0.964. The van der Waals surface area contributed by atoms with Gasteiger partial charge in [-0.15, -0.1) is 0 Å². The highest BCUT2D eigenvalue weighted by Crippen LogP contribution is 2.68. The molecule has 0 aromatic rings. The first-order chi connectivity index (χ1) is 13.8. The van der Waals surface area contributed by atoms with Gasteiger partial charge < -0.3 is 0 Å². The SMILES string of the molecule is CC(C)CCC[C@@H](C)[C@H]1CC[C@H]2[C@H]3CC[C@H]4CC(=O)CCC[C@]4(C)[C@@H]3CC[C@]12C. The number of rotatable bonds is 5. The highest BCUT2D eigenvalue weighted by atomic mass is 16.1. The minimum Gasteiger partial charge on any atom is -0.300 e. The third kappa shape index (κ3) is 3.87. The van der Waals surface area contributed by atoms with Gasteiger partial charge in [0.25, 0.3) is 0 Å². The van der Waals surface area contributed by atoms with Gasteiger partial charge in [-0.1, -0.05) is 53.9 Å². The predicted octanol–water partition coefficient (Wildman–Crippen LogP) is 8.07. The smallest absolute Gasteiger partial charge is 0.133 e. The number of fused-ring (bicyclic) bond motifs is 5. The Morgan fingerprint density at radius 1 is 0.897 bits per heavy atom. The number of Topliss-reactive ketones (excluding diaryl/α,β-unsaturated/α-hetero) is 1. The van der Waals surface area contributed by atoms with E-state index >= 15 is 0 Å². The highest BCUT2D eigenvalue weighted by molar-refractivity contribution is 5.79. The average Bonchev–Trinajstić information content (AvgIpc) is 2.92. The van der Waals surface area contributed by atoms with Gasteiger partial charge in [-0.2, -0.15) is 0 Å². The lowest BCUT2D eigenvalue weighted by atomic mass is 9.46. The van der Waals surface area contributed by atoms with Gasteiger partial charge in [-0.05, 0) is 104 Å². The molecule has 0 amide bonds. The second kappa shape index (κ2) is 8.31. The lowest BCUT2D eigenvalue weighted by Crippen LogP contribution is -2.52. The summed E-state index contributed by atoms with van der Waals surface area (Å²) in [5.74, 6) is 6.80. The Hall–Kier alpha value is -0.330. The van der Waals surface area contributed by atoms with Gasteiger partial charge in [0.1, 0.15) is 5.78 Å². The van der Waals surface area contributed by atoms with Gasteiger partial charge in [0, 0.05) is 12.8 Å². The minimum atomic E-state index is 0.456. The van der Waals surface area contributed by atoms with Crippen molar-refractivity contribution in [3.05, 3.63) is 0 Å². The molecule has 4 aliphatic carbocycles. The monoisotopic (exact) mass is 400 g/mol. The Bertz CT molecular complexity index is 593. The summed E-state index contributed by atoms with van der Waals surface area (Å²) in [5.41, 5.74) is 1.06. The third-order valence-electron chi connectivity index (χ3n) is 10.9. The summed E-state index contributed by atoms with van der Waals surface area (Å²) < 4.78 is 0. The Morgan fingerprint density at radius 2 is 1.66 bits per heavy atom. The molecular formula is C28H48O. The Kier molecular flexibility index (Phi) is 6.27. The second-order valence-electron chi connectivity index (χ2n) is 12.8. The van der Waals surface area contributed by atoms with E-state index in [1.807, 2.05) is 0 Å². The van der Waals surface area contributed by atoms with E-state index in [0.717, 1.165) is 54.8 Å². The van der Waals surface area contributed by atoms with Crippen molar-refractivity contribution in [1.29, 1.82) is 0 Å². The highest BCUT2D eigenvalue weighted by Gasteiger charge is 2.60. The number of hydrogen-bond donors (Lipinski definition) is 0. The normalized spacial score (nSPS) is 46.0. The first kappa shape index (κ1) is 21.9. The standard InChI is InChI=1S/C28H48O/c1-19(2)8-6-9-20(3)24-13-14-25-23-12-11-21-18-22(29)10-7-16-27(21,4)26(23)15-17-28(24,25)5/h19-21,23-26H,6-18H2,1-5H3/t20-,21+,23-,24-,25+,26-,27+,28-/m1/s1. The Labute approximate surface area is 181 Å². The largest absolute Gasteiger partial charge is 0.300 e. The van der Waals surface area contributed by atoms with E-state index in [9.17, 15) is 4.79 Å². The van der Waals surface area contributed by atoms with Crippen molar-refractivity contribution in [1.82, 2.24) is 0 Å². The molecule has 0 bridgehead atoms. The van der Waals surface area contributed by atoms with Gasteiger partial charge in [0.15, 0.2) is 0 Å². The summed E-state index contributed by atoms with van der Waals surface area (Å²) in [7, 11) is 0. The Balaban J connectivity index is 1.48. The molecule has 0 N–H and O–H groups in total. The first-order valence-corrected chi connectivity index (χ1v) is 13.3. The van der Waals surface area contributed by atoms with Crippen LogP contribution in [0.4, 0.5) is 0 Å². The van der Waals surface area contributed by atoms with Crippen LogP contribution in [0, 0.1) is 52.3 Å². The minimum absolute atomic E-state index is 0.456. The molecule has 0 spiro atoms. The van der Waals surface area contributed by atoms with Crippen LogP contribution in [0.2, 0.25) is 0 Å². The molecule has 4 fully saturated rings. The average molecular weight is 401 g/mol. The summed E-state index contributed by atoms with van der Waals surface area (Å²) in [6, 6.07) is 0. The first-order valence-electron chi connectivity index (χ1n) is 13.3. The van der Waals surface area contributed by atoms with E-state index in [2.05, 4.69) is 34.6 Å². The van der Waals surface area contributed by atoms with Crippen molar-refractivity contribution in [3.63, 3.8) is 0 Å². The number of carbonyl (C=O) groups excluding carboxylic acids is 1. The zero-order chi connectivity index (χ0) is 20.8. The van der Waals surface area contributed by atoms with Crippen LogP contribution in [-0.2, 0) is 4.79 Å². The maximum atomic E-state index is 12.3. The summed E-state index contributed by atoms with van der Waals surface area (Å²) >= 11 is 0. The van der Waals surface area contributed by atoms with Gasteiger partial charge in [0.2, 0.25) is 0 Å². The number of hydrogen-bond acceptors (Lipinski definition) is 1. The van der Waals surface area contributed by atoms with Crippen molar-refractivity contribution in [2.24, 2.45) is 52.3 Å². The molecule has 0 heterocycles. The molecule has 0 radical (unpaired) electrons. The topological polar surface area (TPSA) is 17.1 Å². The van der Waals surface area contributed by atoms with Crippen LogP contribution in [0.5, 0.6) is 0 Å². The molecule has 0 saturated heterocycles. The molecule has 1 nitrogen and oxygen atoms in total. The predicted molar refractivity (Wildman–Crippen MR) is 123 cm³/mol. The molecule has 0 aromatic heterocycles. The van der Waals surface area contributed by atoms with E-state index in [1.165, 1.54) is 64.2 Å². The molecule has 4 aliphatic rings. The summed E-state index contributed by atoms with van der Waals surface area (Å²) in [5, 5.41) is 0. The van der Waals surface area contributed by atoms with Crippen LogP contribution < -0.4 is 0 Å². The van der Waals surface area contributed by atoms with E-state index in [0.29, 0.717) is 22.5 Å². The molecule has 4 saturated carbocycles. The molecule has 8 atom stereocenters. The van der Waals surface area contributed by atoms with Crippen LogP contribution >= 0.6 is 0 Å². The summed E-state index contributed by atoms with van der Waals surface area (Å²) in [6.07, 6.45) is 17.2. The zero-order valence-corrected chi connectivity index (χ0v) is 20.1. The van der Waals surface area contributed by atoms with Gasteiger partial charge in [0.05, 0.1) is 0 Å².